The van der Waals surface area contributed by atoms with Crippen LogP contribution in [0.2, 0.25) is 0 Å². The number of phenols is 1. The number of aliphatic hydroxyl groups excluding tert-OH is 1. The summed E-state index contributed by atoms with van der Waals surface area (Å²) in [7, 11) is 0. The van der Waals surface area contributed by atoms with E-state index in [1.165, 1.54) is 0 Å². The Morgan fingerprint density at radius 3 is 2.83 bits per heavy atom. The van der Waals surface area contributed by atoms with E-state index in [1.54, 1.807) is 13.0 Å². The van der Waals surface area contributed by atoms with E-state index in [2.05, 4.69) is 0 Å². The molecule has 0 unspecified atom stereocenters. The number of carbonyl (C=O) groups is 1. The summed E-state index contributed by atoms with van der Waals surface area (Å²) in [4.78, 5) is 11.4. The lowest BCUT2D eigenvalue weighted by Crippen LogP contribution is -2.22. The van der Waals surface area contributed by atoms with Crippen LogP contribution in [-0.4, -0.2) is 28.7 Å². The molecule has 1 aliphatic rings. The van der Waals surface area contributed by atoms with Crippen LogP contribution >= 0.6 is 0 Å². The molecule has 2 rings (SSSR count). The highest BCUT2D eigenvalue weighted by molar-refractivity contribution is 5.84. The van der Waals surface area contributed by atoms with Gasteiger partial charge in [0.05, 0.1) is 11.7 Å². The Kier molecular flexibility index (Phi) is 5.61. The molecule has 23 heavy (non-hydrogen) atoms. The zero-order valence-electron chi connectivity index (χ0n) is 13.9. The molecule has 0 aliphatic carbocycles. The normalized spacial score (nSPS) is 18.2. The van der Waals surface area contributed by atoms with Gasteiger partial charge >= 0.3 is 0 Å². The summed E-state index contributed by atoms with van der Waals surface area (Å²) in [5.41, 5.74) is 2.93. The van der Waals surface area contributed by atoms with Crippen molar-refractivity contribution >= 4 is 6.29 Å². The lowest BCUT2D eigenvalue weighted by atomic mass is 9.93. The van der Waals surface area contributed by atoms with Gasteiger partial charge in [-0.1, -0.05) is 17.7 Å². The van der Waals surface area contributed by atoms with E-state index < -0.39 is 6.10 Å². The van der Waals surface area contributed by atoms with Crippen LogP contribution in [0.3, 0.4) is 0 Å². The molecule has 0 amide bonds. The van der Waals surface area contributed by atoms with Crippen molar-refractivity contribution in [3.8, 4) is 11.5 Å². The molecule has 124 valence electrons. The third-order valence-corrected chi connectivity index (χ3v) is 3.90. The summed E-state index contributed by atoms with van der Waals surface area (Å²) < 4.78 is 5.94. The van der Waals surface area contributed by atoms with Crippen molar-refractivity contribution in [1.29, 1.82) is 0 Å². The number of ether oxygens (including phenoxy) is 1. The second kappa shape index (κ2) is 7.47. The zero-order chi connectivity index (χ0) is 17.0. The van der Waals surface area contributed by atoms with Crippen LogP contribution in [0.5, 0.6) is 11.5 Å². The van der Waals surface area contributed by atoms with Gasteiger partial charge in [-0.2, -0.15) is 0 Å². The molecule has 4 nitrogen and oxygen atoms in total. The molecule has 0 spiro atoms. The molecule has 1 aromatic carbocycles. The van der Waals surface area contributed by atoms with E-state index in [-0.39, 0.29) is 11.9 Å². The first-order valence-electron chi connectivity index (χ1n) is 7.91. The summed E-state index contributed by atoms with van der Waals surface area (Å²) in [5.74, 6) is 0.700. The molecule has 1 aliphatic heterocycles. The van der Waals surface area contributed by atoms with Crippen LogP contribution in [0.15, 0.2) is 29.9 Å². The first-order valence-corrected chi connectivity index (χ1v) is 7.91. The standard InChI is InChI=1S/C19H24O4/c1-12(2)4-6-14-10-18-16(17(11-20)19(14)22)9-8-15(23-18)7-5-13(3)21/h4-5,7,10-11,13,15,21-22H,6,8-9H2,1-3H3/b7-5+/t13-,15-/m1/s1. The Morgan fingerprint density at radius 1 is 1.48 bits per heavy atom. The van der Waals surface area contributed by atoms with Crippen LogP contribution < -0.4 is 4.74 Å². The predicted molar refractivity (Wildman–Crippen MR) is 90.2 cm³/mol. The smallest absolute Gasteiger partial charge is 0.154 e. The Hall–Kier alpha value is -2.07. The number of hydrogen-bond acceptors (Lipinski definition) is 4. The molecule has 0 fully saturated rings. The van der Waals surface area contributed by atoms with E-state index in [4.69, 9.17) is 4.74 Å². The summed E-state index contributed by atoms with van der Waals surface area (Å²) in [6.45, 7) is 5.67. The maximum atomic E-state index is 11.4. The molecule has 1 heterocycles. The second-order valence-electron chi connectivity index (χ2n) is 6.20. The molecule has 1 aromatic rings. The van der Waals surface area contributed by atoms with Crippen molar-refractivity contribution in [2.24, 2.45) is 0 Å². The lowest BCUT2D eigenvalue weighted by Gasteiger charge is -2.26. The largest absolute Gasteiger partial charge is 0.507 e. The first kappa shape index (κ1) is 17.3. The molecule has 0 bridgehead atoms. The minimum absolute atomic E-state index is 0.0535. The Balaban J connectivity index is 2.36. The number of hydrogen-bond donors (Lipinski definition) is 2. The van der Waals surface area contributed by atoms with Gasteiger partial charge in [0.25, 0.3) is 0 Å². The summed E-state index contributed by atoms with van der Waals surface area (Å²) in [6, 6.07) is 1.82. The highest BCUT2D eigenvalue weighted by Crippen LogP contribution is 2.37. The molecular formula is C19H24O4. The van der Waals surface area contributed by atoms with E-state index >= 15 is 0 Å². The van der Waals surface area contributed by atoms with E-state index in [1.807, 2.05) is 32.1 Å². The van der Waals surface area contributed by atoms with Gasteiger partial charge in [0.2, 0.25) is 0 Å². The number of allylic oxidation sites excluding steroid dienone is 2. The van der Waals surface area contributed by atoms with E-state index in [9.17, 15) is 15.0 Å². The van der Waals surface area contributed by atoms with Crippen LogP contribution in [0.4, 0.5) is 0 Å². The first-order chi connectivity index (χ1) is 10.9. The quantitative estimate of drug-likeness (QED) is 0.646. The molecular weight excluding hydrogens is 292 g/mol. The van der Waals surface area contributed by atoms with Gasteiger partial charge in [-0.05, 0) is 52.2 Å². The summed E-state index contributed by atoms with van der Waals surface area (Å²) in [5, 5.41) is 19.7. The molecule has 0 aromatic heterocycles. The summed E-state index contributed by atoms with van der Waals surface area (Å²) in [6.07, 6.45) is 7.53. The van der Waals surface area contributed by atoms with Crippen LogP contribution in [0.25, 0.3) is 0 Å². The van der Waals surface area contributed by atoms with Gasteiger partial charge in [-0.3, -0.25) is 4.79 Å². The van der Waals surface area contributed by atoms with Gasteiger partial charge in [-0.15, -0.1) is 0 Å². The van der Waals surface area contributed by atoms with E-state index in [0.717, 1.165) is 11.1 Å². The highest BCUT2D eigenvalue weighted by atomic mass is 16.5. The number of rotatable bonds is 5. The van der Waals surface area contributed by atoms with Crippen molar-refractivity contribution in [2.45, 2.75) is 52.2 Å². The number of fused-ring (bicyclic) bond motifs is 1. The number of carbonyl (C=O) groups excluding carboxylic acids is 1. The Bertz CT molecular complexity index is 637. The summed E-state index contributed by atoms with van der Waals surface area (Å²) >= 11 is 0. The van der Waals surface area contributed by atoms with E-state index in [0.29, 0.717) is 42.4 Å². The van der Waals surface area contributed by atoms with Crippen LogP contribution in [0.1, 0.15) is 48.7 Å². The number of benzene rings is 1. The SMILES string of the molecule is CC(C)=CCc1cc2c(c(C=O)c1O)CC[C@@H](/C=C/[C@@H](C)O)O2. The molecule has 2 atom stereocenters. The predicted octanol–water partition coefficient (Wildman–Crippen LogP) is 3.34. The molecule has 0 radical (unpaired) electrons. The van der Waals surface area contributed by atoms with Crippen molar-refractivity contribution in [3.63, 3.8) is 0 Å². The van der Waals surface area contributed by atoms with Crippen LogP contribution in [-0.2, 0) is 12.8 Å². The molecule has 0 saturated heterocycles. The van der Waals surface area contributed by atoms with Crippen LogP contribution in [0, 0.1) is 0 Å². The second-order valence-corrected chi connectivity index (χ2v) is 6.20. The number of aliphatic hydroxyl groups is 1. The van der Waals surface area contributed by atoms with Crippen molar-refractivity contribution in [2.75, 3.05) is 0 Å². The van der Waals surface area contributed by atoms with Gasteiger partial charge in [0.15, 0.2) is 6.29 Å². The molecule has 0 saturated carbocycles. The number of aromatic hydroxyl groups is 1. The van der Waals surface area contributed by atoms with Crippen molar-refractivity contribution in [3.05, 3.63) is 46.6 Å². The fraction of sp³-hybridized carbons (Fsp3) is 0.421. The molecule has 4 heteroatoms. The topological polar surface area (TPSA) is 66.8 Å². The fourth-order valence-corrected chi connectivity index (χ4v) is 2.65. The Labute approximate surface area is 137 Å². The average Bonchev–Trinajstić information content (AvgIpc) is 2.50. The van der Waals surface area contributed by atoms with Gasteiger partial charge in [0, 0.05) is 11.1 Å². The maximum Gasteiger partial charge on any atom is 0.154 e. The number of phenolic OH excluding ortho intramolecular Hbond substituents is 1. The van der Waals surface area contributed by atoms with Crippen molar-refractivity contribution in [1.82, 2.24) is 0 Å². The fourth-order valence-electron chi connectivity index (χ4n) is 2.65. The highest BCUT2D eigenvalue weighted by Gasteiger charge is 2.24. The molecule has 2 N–H and O–H groups in total. The average molecular weight is 316 g/mol. The maximum absolute atomic E-state index is 11.4. The minimum atomic E-state index is -0.515. The van der Waals surface area contributed by atoms with Crippen molar-refractivity contribution < 1.29 is 19.7 Å². The van der Waals surface area contributed by atoms with Gasteiger partial charge in [-0.25, -0.2) is 0 Å². The minimum Gasteiger partial charge on any atom is -0.507 e. The Morgan fingerprint density at radius 2 is 2.22 bits per heavy atom. The zero-order valence-corrected chi connectivity index (χ0v) is 13.9. The third kappa shape index (κ3) is 4.23. The lowest BCUT2D eigenvalue weighted by molar-refractivity contribution is 0.111. The van der Waals surface area contributed by atoms with Gasteiger partial charge in [0.1, 0.15) is 17.6 Å². The third-order valence-electron chi connectivity index (χ3n) is 3.90. The van der Waals surface area contributed by atoms with Gasteiger partial charge < -0.3 is 14.9 Å². The number of aldehydes is 1. The monoisotopic (exact) mass is 316 g/mol.